The van der Waals surface area contributed by atoms with Gasteiger partial charge in [0.25, 0.3) is 0 Å². The Morgan fingerprint density at radius 3 is 2.17 bits per heavy atom. The van der Waals surface area contributed by atoms with Gasteiger partial charge in [0.2, 0.25) is 5.52 Å². The third-order valence-corrected chi connectivity index (χ3v) is 3.79. The molecule has 0 atom stereocenters. The number of nitrogens with zero attached hydrogens (tertiary/aromatic N) is 1. The van der Waals surface area contributed by atoms with E-state index in [2.05, 4.69) is 23.3 Å². The standard InChI is InChI=1S/C19H14N2O.Mg/c22-18-13-7-6-12-17(18)21-19(14-8-2-1-3-9-14)15-10-4-5-11-16(15)20-21;/h1-13,22H;/q;+2. The molecule has 23 heavy (non-hydrogen) atoms. The molecule has 1 aromatic heterocycles. The van der Waals surface area contributed by atoms with Gasteiger partial charge in [-0.15, -0.1) is 9.78 Å². The second-order valence-electron chi connectivity index (χ2n) is 5.18. The molecule has 4 aromatic rings. The van der Waals surface area contributed by atoms with Crippen LogP contribution in [0.5, 0.6) is 5.75 Å². The van der Waals surface area contributed by atoms with E-state index in [1.807, 2.05) is 53.2 Å². The molecule has 0 amide bonds. The first kappa shape index (κ1) is 15.6. The summed E-state index contributed by atoms with van der Waals surface area (Å²) in [7, 11) is 0. The molecule has 1 N–H and O–H groups in total. The van der Waals surface area contributed by atoms with E-state index in [1.165, 1.54) is 0 Å². The van der Waals surface area contributed by atoms with Crippen molar-refractivity contribution in [2.24, 2.45) is 0 Å². The van der Waals surface area contributed by atoms with Crippen molar-refractivity contribution in [3.63, 3.8) is 0 Å². The maximum Gasteiger partial charge on any atom is 2.00 e. The molecule has 0 unspecified atom stereocenters. The van der Waals surface area contributed by atoms with Gasteiger partial charge in [0.05, 0.1) is 11.1 Å². The molecule has 0 aliphatic carbocycles. The van der Waals surface area contributed by atoms with Crippen LogP contribution in [0.4, 0.5) is 0 Å². The Bertz CT molecular complexity index is 948. The molecule has 0 saturated carbocycles. The molecule has 0 radical (unpaired) electrons. The van der Waals surface area contributed by atoms with Crippen molar-refractivity contribution in [1.29, 1.82) is 0 Å². The van der Waals surface area contributed by atoms with Crippen LogP contribution in [-0.2, 0) is 0 Å². The summed E-state index contributed by atoms with van der Waals surface area (Å²) in [5.41, 5.74) is 3.70. The number of aromatic amines is 1. The van der Waals surface area contributed by atoms with Crippen LogP contribution >= 0.6 is 0 Å². The third kappa shape index (κ3) is 2.71. The molecule has 3 aromatic carbocycles. The van der Waals surface area contributed by atoms with Gasteiger partial charge in [-0.3, -0.25) is 0 Å². The van der Waals surface area contributed by atoms with E-state index in [1.54, 1.807) is 12.1 Å². The molecule has 3 nitrogen and oxygen atoms in total. The first-order valence-electron chi connectivity index (χ1n) is 7.19. The van der Waals surface area contributed by atoms with Crippen LogP contribution in [0.2, 0.25) is 0 Å². The number of rotatable bonds is 2. The fourth-order valence-electron chi connectivity index (χ4n) is 2.79. The van der Waals surface area contributed by atoms with Gasteiger partial charge in [0.15, 0.2) is 0 Å². The number of para-hydroxylation sites is 3. The number of nitrogens with one attached hydrogen (secondary N) is 1. The first-order chi connectivity index (χ1) is 10.8. The van der Waals surface area contributed by atoms with Crippen LogP contribution in [0.15, 0.2) is 78.9 Å². The van der Waals surface area contributed by atoms with Crippen molar-refractivity contribution < 1.29 is 10.2 Å². The summed E-state index contributed by atoms with van der Waals surface area (Å²) in [6.45, 7) is 0. The van der Waals surface area contributed by atoms with E-state index in [-0.39, 0.29) is 28.8 Å². The van der Waals surface area contributed by atoms with Crippen LogP contribution in [0.25, 0.3) is 27.8 Å². The number of aromatic nitrogens is 2. The molecule has 1 heterocycles. The molecule has 4 rings (SSSR count). The summed E-state index contributed by atoms with van der Waals surface area (Å²) in [6, 6.07) is 25.3. The Labute approximate surface area is 150 Å². The molecule has 0 aliphatic heterocycles. The molecule has 106 valence electrons. The number of hydrogen-bond acceptors (Lipinski definition) is 1. The van der Waals surface area contributed by atoms with E-state index in [9.17, 15) is 5.11 Å². The van der Waals surface area contributed by atoms with Crippen molar-refractivity contribution in [2.75, 3.05) is 0 Å². The molecular weight excluding hydrogens is 297 g/mol. The van der Waals surface area contributed by atoms with Crippen LogP contribution in [0.3, 0.4) is 0 Å². The zero-order valence-electron chi connectivity index (χ0n) is 12.6. The second kappa shape index (κ2) is 6.44. The van der Waals surface area contributed by atoms with E-state index in [4.69, 9.17) is 0 Å². The van der Waals surface area contributed by atoms with Crippen LogP contribution in [0.1, 0.15) is 0 Å². The molecular formula is C19H14MgN2O+2. The van der Waals surface area contributed by atoms with Crippen molar-refractivity contribution in [3.8, 4) is 22.7 Å². The fourth-order valence-corrected chi connectivity index (χ4v) is 2.79. The summed E-state index contributed by atoms with van der Waals surface area (Å²) in [6.07, 6.45) is 0. The van der Waals surface area contributed by atoms with Crippen molar-refractivity contribution in [1.82, 2.24) is 4.68 Å². The third-order valence-electron chi connectivity index (χ3n) is 3.79. The summed E-state index contributed by atoms with van der Waals surface area (Å²) in [4.78, 5) is 0. The average Bonchev–Trinajstić information content (AvgIpc) is 2.95. The first-order valence-corrected chi connectivity index (χ1v) is 7.19. The summed E-state index contributed by atoms with van der Waals surface area (Å²) < 4.78 is 1.88. The van der Waals surface area contributed by atoms with Gasteiger partial charge in [-0.1, -0.05) is 66.4 Å². The minimum absolute atomic E-state index is 0. The van der Waals surface area contributed by atoms with Gasteiger partial charge in [-0.2, -0.15) is 0 Å². The Morgan fingerprint density at radius 1 is 0.739 bits per heavy atom. The Hall–Kier alpha value is -2.30. The zero-order chi connectivity index (χ0) is 14.9. The zero-order valence-corrected chi connectivity index (χ0v) is 14.0. The fraction of sp³-hybridized carbons (Fsp3) is 0. The number of H-pyrrole nitrogens is 1. The minimum Gasteiger partial charge on any atom is -0.871 e. The Balaban J connectivity index is 0.00000156. The number of benzene rings is 3. The van der Waals surface area contributed by atoms with Gasteiger partial charge >= 0.3 is 23.1 Å². The Kier molecular flexibility index (Phi) is 4.36. The van der Waals surface area contributed by atoms with Gasteiger partial charge in [-0.05, 0) is 12.1 Å². The average molecular weight is 311 g/mol. The van der Waals surface area contributed by atoms with Crippen molar-refractivity contribution in [3.05, 3.63) is 78.9 Å². The molecule has 0 fully saturated rings. The predicted octanol–water partition coefficient (Wildman–Crippen LogP) is 2.80. The summed E-state index contributed by atoms with van der Waals surface area (Å²) in [5, 5.41) is 16.7. The minimum atomic E-state index is -0.00348. The van der Waals surface area contributed by atoms with E-state index in [0.717, 1.165) is 22.2 Å². The molecule has 0 bridgehead atoms. The molecule has 0 spiro atoms. The van der Waals surface area contributed by atoms with Crippen molar-refractivity contribution in [2.45, 2.75) is 0 Å². The monoisotopic (exact) mass is 310 g/mol. The normalized spacial score (nSPS) is 10.4. The van der Waals surface area contributed by atoms with E-state index < -0.39 is 0 Å². The summed E-state index contributed by atoms with van der Waals surface area (Å²) in [5.74, 6) is -0.00348. The van der Waals surface area contributed by atoms with E-state index >= 15 is 0 Å². The van der Waals surface area contributed by atoms with Gasteiger partial charge in [0, 0.05) is 11.6 Å². The topological polar surface area (TPSA) is 42.1 Å². The van der Waals surface area contributed by atoms with Crippen LogP contribution in [0, 0.1) is 0 Å². The van der Waals surface area contributed by atoms with E-state index in [0.29, 0.717) is 5.69 Å². The SMILES string of the molecule is [Mg+2].[O-]c1ccccc1-n1[nH+]c2ccccc2c1-c1ccccc1. The molecule has 0 saturated heterocycles. The number of fused-ring (bicyclic) bond motifs is 1. The Morgan fingerprint density at radius 2 is 1.39 bits per heavy atom. The molecule has 0 aliphatic rings. The quantitative estimate of drug-likeness (QED) is 0.525. The van der Waals surface area contributed by atoms with Crippen molar-refractivity contribution >= 4 is 34.0 Å². The largest absolute Gasteiger partial charge is 2.00 e. The maximum atomic E-state index is 12.2. The summed E-state index contributed by atoms with van der Waals surface area (Å²) >= 11 is 0. The second-order valence-corrected chi connectivity index (χ2v) is 5.18. The smallest absolute Gasteiger partial charge is 0.871 e. The van der Waals surface area contributed by atoms with Gasteiger partial charge < -0.3 is 5.11 Å². The number of hydrogen-bond donors (Lipinski definition) is 0. The maximum absolute atomic E-state index is 12.2. The predicted molar refractivity (Wildman–Crippen MR) is 90.5 cm³/mol. The van der Waals surface area contributed by atoms with Crippen LogP contribution < -0.4 is 10.2 Å². The molecule has 4 heteroatoms. The van der Waals surface area contributed by atoms with Crippen LogP contribution in [-0.4, -0.2) is 27.7 Å². The van der Waals surface area contributed by atoms with Gasteiger partial charge in [-0.25, -0.2) is 0 Å². The van der Waals surface area contributed by atoms with Gasteiger partial charge in [0.1, 0.15) is 5.69 Å².